The third kappa shape index (κ3) is 4.41. The molecule has 1 aliphatic carbocycles. The molecule has 2 amide bonds. The maximum atomic E-state index is 12.7. The molecule has 0 bridgehead atoms. The minimum atomic E-state index is -0.162. The van der Waals surface area contributed by atoms with Crippen molar-refractivity contribution in [1.29, 1.82) is 0 Å². The number of amides is 2. The molecule has 5 nitrogen and oxygen atoms in total. The Morgan fingerprint density at radius 2 is 1.88 bits per heavy atom. The van der Waals surface area contributed by atoms with Crippen LogP contribution in [0.25, 0.3) is 0 Å². The predicted octanol–water partition coefficient (Wildman–Crippen LogP) is 2.56. The van der Waals surface area contributed by atoms with Crippen molar-refractivity contribution in [2.75, 3.05) is 19.7 Å². The van der Waals surface area contributed by atoms with Crippen LogP contribution in [0.15, 0.2) is 47.7 Å². The van der Waals surface area contributed by atoms with E-state index in [9.17, 15) is 14.7 Å². The number of aryl methyl sites for hydroxylation is 1. The lowest BCUT2D eigenvalue weighted by Crippen LogP contribution is -2.40. The number of piperidine rings is 1. The van der Waals surface area contributed by atoms with Gasteiger partial charge in [0.2, 0.25) is 5.91 Å². The van der Waals surface area contributed by atoms with Crippen LogP contribution in [0.3, 0.4) is 0 Å². The fourth-order valence-corrected chi connectivity index (χ4v) is 3.39. The van der Waals surface area contributed by atoms with E-state index in [1.807, 2.05) is 30.0 Å². The molecule has 1 aromatic carbocycles. The highest BCUT2D eigenvalue weighted by Crippen LogP contribution is 2.22. The van der Waals surface area contributed by atoms with E-state index >= 15 is 0 Å². The van der Waals surface area contributed by atoms with Gasteiger partial charge in [0.1, 0.15) is 0 Å². The Hall–Kier alpha value is -2.40. The number of allylic oxidation sites excluding steroid dienone is 2. The molecule has 0 aromatic heterocycles. The number of rotatable bonds is 4. The topological polar surface area (TPSA) is 69.6 Å². The van der Waals surface area contributed by atoms with Gasteiger partial charge in [-0.15, -0.1) is 0 Å². The number of nitrogens with one attached hydrogen (secondary N) is 1. The number of aliphatic hydroxyl groups excluding tert-OH is 1. The van der Waals surface area contributed by atoms with Gasteiger partial charge in [-0.3, -0.25) is 9.59 Å². The molecule has 1 fully saturated rings. The molecule has 0 unspecified atom stereocenters. The Bertz CT molecular complexity index is 726. The first-order valence-electron chi connectivity index (χ1n) is 9.25. The van der Waals surface area contributed by atoms with Gasteiger partial charge < -0.3 is 15.3 Å². The van der Waals surface area contributed by atoms with Gasteiger partial charge >= 0.3 is 0 Å². The smallest absolute Gasteiger partial charge is 0.255 e. The summed E-state index contributed by atoms with van der Waals surface area (Å²) >= 11 is 0. The van der Waals surface area contributed by atoms with Crippen molar-refractivity contribution in [2.45, 2.75) is 32.6 Å². The Morgan fingerprint density at radius 3 is 2.54 bits per heavy atom. The van der Waals surface area contributed by atoms with Crippen molar-refractivity contribution in [2.24, 2.45) is 5.92 Å². The average Bonchev–Trinajstić information content (AvgIpc) is 2.68. The van der Waals surface area contributed by atoms with Crippen LogP contribution in [0.5, 0.6) is 0 Å². The maximum absolute atomic E-state index is 12.7. The quantitative estimate of drug-likeness (QED) is 0.873. The van der Waals surface area contributed by atoms with Crippen molar-refractivity contribution >= 4 is 11.8 Å². The molecule has 0 spiro atoms. The summed E-state index contributed by atoms with van der Waals surface area (Å²) in [6.07, 6.45) is 6.90. The van der Waals surface area contributed by atoms with E-state index < -0.39 is 0 Å². The molecule has 138 valence electrons. The fourth-order valence-electron chi connectivity index (χ4n) is 3.39. The maximum Gasteiger partial charge on any atom is 0.255 e. The fraction of sp³-hybridized carbons (Fsp3) is 0.429. The molecule has 5 heteroatoms. The Kier molecular flexibility index (Phi) is 5.89. The summed E-state index contributed by atoms with van der Waals surface area (Å²) in [5.41, 5.74) is 3.15. The Morgan fingerprint density at radius 1 is 1.19 bits per heavy atom. The van der Waals surface area contributed by atoms with Crippen molar-refractivity contribution in [3.8, 4) is 0 Å². The summed E-state index contributed by atoms with van der Waals surface area (Å²) in [5.74, 6) is 0.199. The van der Waals surface area contributed by atoms with Crippen molar-refractivity contribution in [3.05, 3.63) is 58.8 Å². The van der Waals surface area contributed by atoms with Crippen molar-refractivity contribution < 1.29 is 14.7 Å². The van der Waals surface area contributed by atoms with E-state index in [4.69, 9.17) is 0 Å². The third-order valence-corrected chi connectivity index (χ3v) is 5.11. The van der Waals surface area contributed by atoms with Crippen molar-refractivity contribution in [3.63, 3.8) is 0 Å². The summed E-state index contributed by atoms with van der Waals surface area (Å²) in [7, 11) is 0. The van der Waals surface area contributed by atoms with Crippen LogP contribution in [0.4, 0.5) is 0 Å². The summed E-state index contributed by atoms with van der Waals surface area (Å²) in [6, 6.07) is 7.42. The molecule has 0 atom stereocenters. The molecular formula is C21H26N2O3. The molecule has 2 aliphatic rings. The zero-order chi connectivity index (χ0) is 18.5. The normalized spacial score (nSPS) is 18.2. The van der Waals surface area contributed by atoms with Crippen LogP contribution >= 0.6 is 0 Å². The molecule has 2 N–H and O–H groups in total. The molecule has 26 heavy (non-hydrogen) atoms. The Balaban J connectivity index is 1.62. The molecule has 0 saturated carbocycles. The summed E-state index contributed by atoms with van der Waals surface area (Å²) in [4.78, 5) is 27.0. The predicted molar refractivity (Wildman–Crippen MR) is 100 cm³/mol. The van der Waals surface area contributed by atoms with Crippen LogP contribution in [-0.2, 0) is 4.79 Å². The van der Waals surface area contributed by atoms with E-state index in [1.54, 1.807) is 18.2 Å². The lowest BCUT2D eigenvalue weighted by atomic mass is 9.95. The number of benzene rings is 1. The zero-order valence-electron chi connectivity index (χ0n) is 15.2. The Labute approximate surface area is 154 Å². The second-order valence-corrected chi connectivity index (χ2v) is 7.11. The second-order valence-electron chi connectivity index (χ2n) is 7.11. The van der Waals surface area contributed by atoms with Crippen LogP contribution < -0.4 is 5.32 Å². The number of carbonyl (C=O) groups is 2. The number of nitrogens with zero attached hydrogens (tertiary/aromatic N) is 1. The van der Waals surface area contributed by atoms with E-state index in [0.29, 0.717) is 36.7 Å². The third-order valence-electron chi connectivity index (χ3n) is 5.11. The zero-order valence-corrected chi connectivity index (χ0v) is 15.2. The van der Waals surface area contributed by atoms with Gasteiger partial charge in [-0.2, -0.15) is 0 Å². The van der Waals surface area contributed by atoms with E-state index in [2.05, 4.69) is 5.32 Å². The standard InChI is InChI=1S/C21H26N2O3/c1-15-5-7-17(8-6-15)20(25)22-19-4-2-3-18(13-19)21(26)23-11-9-16(14-24)10-12-23/h4-8,13,16,24H,2-3,9-12,14H2,1H3,(H,22,25). The SMILES string of the molecule is Cc1ccc(C(=O)NC2=CCCC(C(=O)N3CCC(CO)CC3)=C2)cc1. The number of carbonyl (C=O) groups excluding carboxylic acids is 2. The molecule has 1 aliphatic heterocycles. The van der Waals surface area contributed by atoms with Gasteiger partial charge in [0.25, 0.3) is 5.91 Å². The van der Waals surface area contributed by atoms with E-state index in [-0.39, 0.29) is 18.4 Å². The minimum absolute atomic E-state index is 0.0524. The lowest BCUT2D eigenvalue weighted by Gasteiger charge is -2.32. The second kappa shape index (κ2) is 8.32. The number of likely N-dealkylation sites (tertiary alicyclic amines) is 1. The van der Waals surface area contributed by atoms with Gasteiger partial charge in [-0.1, -0.05) is 23.8 Å². The highest BCUT2D eigenvalue weighted by molar-refractivity contribution is 5.97. The van der Waals surface area contributed by atoms with Gasteiger partial charge in [0.05, 0.1) is 0 Å². The minimum Gasteiger partial charge on any atom is -0.396 e. The van der Waals surface area contributed by atoms with Gasteiger partial charge in [-0.25, -0.2) is 0 Å². The molecule has 1 heterocycles. The molecule has 1 saturated heterocycles. The van der Waals surface area contributed by atoms with Crippen LogP contribution in [0.1, 0.15) is 41.6 Å². The van der Waals surface area contributed by atoms with Crippen LogP contribution in [-0.4, -0.2) is 41.5 Å². The molecule has 0 radical (unpaired) electrons. The lowest BCUT2D eigenvalue weighted by molar-refractivity contribution is -0.128. The molecule has 3 rings (SSSR count). The monoisotopic (exact) mass is 354 g/mol. The van der Waals surface area contributed by atoms with Crippen molar-refractivity contribution in [1.82, 2.24) is 10.2 Å². The molecular weight excluding hydrogens is 328 g/mol. The van der Waals surface area contributed by atoms with E-state index in [0.717, 1.165) is 30.4 Å². The number of hydrogen-bond acceptors (Lipinski definition) is 3. The molecule has 1 aromatic rings. The van der Waals surface area contributed by atoms with E-state index in [1.165, 1.54) is 0 Å². The average molecular weight is 354 g/mol. The first-order chi connectivity index (χ1) is 12.6. The van der Waals surface area contributed by atoms with Gasteiger partial charge in [0.15, 0.2) is 0 Å². The largest absolute Gasteiger partial charge is 0.396 e. The highest BCUT2D eigenvalue weighted by Gasteiger charge is 2.25. The summed E-state index contributed by atoms with van der Waals surface area (Å²) in [5, 5.41) is 12.1. The highest BCUT2D eigenvalue weighted by atomic mass is 16.3. The summed E-state index contributed by atoms with van der Waals surface area (Å²) < 4.78 is 0. The van der Waals surface area contributed by atoms with Gasteiger partial charge in [-0.05, 0) is 56.7 Å². The van der Waals surface area contributed by atoms with Crippen LogP contribution in [0.2, 0.25) is 0 Å². The van der Waals surface area contributed by atoms with Gasteiger partial charge in [0, 0.05) is 36.5 Å². The van der Waals surface area contributed by atoms with Crippen LogP contribution in [0, 0.1) is 12.8 Å². The number of hydrogen-bond donors (Lipinski definition) is 2. The number of aliphatic hydroxyl groups is 1. The first kappa shape index (κ1) is 18.4. The summed E-state index contributed by atoms with van der Waals surface area (Å²) in [6.45, 7) is 3.56. The first-order valence-corrected chi connectivity index (χ1v) is 9.25.